The number of esters is 3. The summed E-state index contributed by atoms with van der Waals surface area (Å²) in [6.07, 6.45) is 7.33. The van der Waals surface area contributed by atoms with E-state index in [1.54, 1.807) is 0 Å². The summed E-state index contributed by atoms with van der Waals surface area (Å²) >= 11 is 0. The molecule has 14 heteroatoms. The van der Waals surface area contributed by atoms with E-state index in [9.17, 15) is 36.7 Å². The van der Waals surface area contributed by atoms with Crippen LogP contribution in [0, 0.1) is 29.6 Å². The summed E-state index contributed by atoms with van der Waals surface area (Å²) in [5.41, 5.74) is -3.99. The lowest BCUT2D eigenvalue weighted by atomic mass is 9.50. The molecule has 41 heavy (non-hydrogen) atoms. The highest BCUT2D eigenvalue weighted by atomic mass is 32.2. The summed E-state index contributed by atoms with van der Waals surface area (Å²) in [6.45, 7) is 0.396. The average molecular weight is 607 g/mol. The van der Waals surface area contributed by atoms with E-state index in [-0.39, 0.29) is 31.8 Å². The second-order valence-electron chi connectivity index (χ2n) is 13.9. The Labute approximate surface area is 236 Å². The van der Waals surface area contributed by atoms with Crippen molar-refractivity contribution >= 4 is 28.0 Å². The Bertz CT molecular complexity index is 1230. The minimum Gasteiger partial charge on any atom is -0.457 e. The molecule has 8 bridgehead atoms. The predicted octanol–water partition coefficient (Wildman–Crippen LogP) is 2.53. The fourth-order valence-corrected chi connectivity index (χ4v) is 10.1. The maximum Gasteiger partial charge on any atom is 0.465 e. The Morgan fingerprint density at radius 3 is 1.98 bits per heavy atom. The first-order chi connectivity index (χ1) is 18.9. The fourth-order valence-electron chi connectivity index (χ4n) is 9.85. The number of aliphatic hydroxyl groups is 1. The summed E-state index contributed by atoms with van der Waals surface area (Å²) in [4.78, 5) is 37.1. The quantitative estimate of drug-likeness (QED) is 0.225. The van der Waals surface area contributed by atoms with Gasteiger partial charge in [0.25, 0.3) is 0 Å². The maximum absolute atomic E-state index is 13.4. The molecule has 0 amide bonds. The van der Waals surface area contributed by atoms with E-state index in [1.807, 2.05) is 6.92 Å². The van der Waals surface area contributed by atoms with E-state index in [0.29, 0.717) is 31.1 Å². The van der Waals surface area contributed by atoms with E-state index < -0.39 is 62.3 Å². The summed E-state index contributed by atoms with van der Waals surface area (Å²) in [6, 6.07) is 0. The molecule has 8 aliphatic carbocycles. The molecule has 8 rings (SSSR count). The van der Waals surface area contributed by atoms with Crippen molar-refractivity contribution in [3.05, 3.63) is 0 Å². The van der Waals surface area contributed by atoms with E-state index >= 15 is 0 Å². The van der Waals surface area contributed by atoms with Crippen LogP contribution in [0.2, 0.25) is 0 Å². The first-order valence-electron chi connectivity index (χ1n) is 14.3. The van der Waals surface area contributed by atoms with Gasteiger partial charge in [-0.3, -0.25) is 4.55 Å². The van der Waals surface area contributed by atoms with Gasteiger partial charge in [-0.25, -0.2) is 14.4 Å². The van der Waals surface area contributed by atoms with Crippen molar-refractivity contribution in [1.29, 1.82) is 0 Å². The summed E-state index contributed by atoms with van der Waals surface area (Å²) < 4.78 is 78.9. The molecule has 0 heterocycles. The molecule has 0 radical (unpaired) electrons. The monoisotopic (exact) mass is 606 g/mol. The SMILES string of the molecule is CC1(OC(=O)COC23CC4CC(O)(C2)CC(OC(=O)COC(=O)C(F)(F)S(=O)(=O)O)(C4)C3)C2CC3CC(C2)CC1C3. The van der Waals surface area contributed by atoms with Crippen molar-refractivity contribution in [2.45, 2.75) is 105 Å². The third kappa shape index (κ3) is 5.06. The molecule has 8 saturated carbocycles. The zero-order chi connectivity index (χ0) is 29.6. The van der Waals surface area contributed by atoms with Crippen LogP contribution in [0.3, 0.4) is 0 Å². The number of halogens is 2. The van der Waals surface area contributed by atoms with Crippen LogP contribution >= 0.6 is 0 Å². The molecule has 0 aromatic heterocycles. The van der Waals surface area contributed by atoms with Crippen molar-refractivity contribution in [3.8, 4) is 0 Å². The maximum atomic E-state index is 13.4. The third-order valence-corrected chi connectivity index (χ3v) is 11.6. The molecule has 0 aromatic rings. The molecule has 0 aromatic carbocycles. The number of carbonyl (C=O) groups is 3. The van der Waals surface area contributed by atoms with Crippen LogP contribution in [0.1, 0.15) is 77.6 Å². The van der Waals surface area contributed by atoms with Gasteiger partial charge in [-0.2, -0.15) is 17.2 Å². The minimum absolute atomic E-state index is 0.0523. The number of ether oxygens (including phenoxy) is 4. The zero-order valence-electron chi connectivity index (χ0n) is 22.8. The zero-order valence-corrected chi connectivity index (χ0v) is 23.6. The number of carbonyl (C=O) groups excluding carboxylic acids is 3. The minimum atomic E-state index is -6.09. The first-order valence-corrected chi connectivity index (χ1v) is 15.7. The van der Waals surface area contributed by atoms with Gasteiger partial charge < -0.3 is 24.1 Å². The van der Waals surface area contributed by atoms with Crippen LogP contribution in [0.25, 0.3) is 0 Å². The second-order valence-corrected chi connectivity index (χ2v) is 15.4. The lowest BCUT2D eigenvalue weighted by Crippen LogP contribution is -2.68. The van der Waals surface area contributed by atoms with Crippen molar-refractivity contribution in [2.24, 2.45) is 29.6 Å². The van der Waals surface area contributed by atoms with Gasteiger partial charge in [0.2, 0.25) is 0 Å². The van der Waals surface area contributed by atoms with E-state index in [4.69, 9.17) is 18.8 Å². The Morgan fingerprint density at radius 1 is 0.829 bits per heavy atom. The molecule has 4 unspecified atom stereocenters. The summed E-state index contributed by atoms with van der Waals surface area (Å²) in [5.74, 6) is -2.29. The number of hydrogen-bond donors (Lipinski definition) is 2. The largest absolute Gasteiger partial charge is 0.465 e. The van der Waals surface area contributed by atoms with Crippen LogP contribution in [0.15, 0.2) is 0 Å². The molecular formula is C27H36F2O11S. The summed E-state index contributed by atoms with van der Waals surface area (Å²) in [5, 5.41) is 6.05. The van der Waals surface area contributed by atoms with Crippen molar-refractivity contribution in [2.75, 3.05) is 13.2 Å². The van der Waals surface area contributed by atoms with Crippen molar-refractivity contribution < 1.29 is 60.2 Å². The third-order valence-electron chi connectivity index (χ3n) is 10.7. The molecule has 8 aliphatic rings. The van der Waals surface area contributed by atoms with Gasteiger partial charge in [0.05, 0.1) is 11.2 Å². The normalized spacial score (nSPS) is 44.1. The Kier molecular flexibility index (Phi) is 6.62. The van der Waals surface area contributed by atoms with E-state index in [0.717, 1.165) is 37.5 Å². The smallest absolute Gasteiger partial charge is 0.457 e. The average Bonchev–Trinajstić information content (AvgIpc) is 2.82. The highest BCUT2D eigenvalue weighted by Crippen LogP contribution is 2.62. The topological polar surface area (TPSA) is 163 Å². The molecule has 2 N–H and O–H groups in total. The number of hydrogen-bond acceptors (Lipinski definition) is 10. The highest BCUT2D eigenvalue weighted by Gasteiger charge is 2.66. The van der Waals surface area contributed by atoms with Crippen LogP contribution in [-0.2, 0) is 43.4 Å². The van der Waals surface area contributed by atoms with Gasteiger partial charge in [0, 0.05) is 19.3 Å². The highest BCUT2D eigenvalue weighted by molar-refractivity contribution is 7.87. The standard InChI is InChI=1S/C27H36F2O11S/c1-23(18-3-15-2-16(5-18)6-19(23)4-15)39-21(31)11-38-25-8-17-7-24(33,12-25)13-26(9-17,14-25)40-20(30)10-37-22(32)27(28,29)41(34,35)36/h15-19,33H,2-14H2,1H3,(H,34,35,36). The number of alkyl halides is 2. The Hall–Kier alpha value is -1.90. The fraction of sp³-hybridized carbons (Fsp3) is 0.889. The van der Waals surface area contributed by atoms with Crippen LogP contribution in [-0.4, -0.2) is 76.9 Å². The van der Waals surface area contributed by atoms with E-state index in [2.05, 4.69) is 4.74 Å². The Balaban J connectivity index is 1.08. The second kappa shape index (κ2) is 9.30. The van der Waals surface area contributed by atoms with Gasteiger partial charge in [-0.1, -0.05) is 0 Å². The van der Waals surface area contributed by atoms with Crippen LogP contribution < -0.4 is 0 Å². The molecule has 0 saturated heterocycles. The lowest BCUT2D eigenvalue weighted by molar-refractivity contribution is -0.276. The Morgan fingerprint density at radius 2 is 1.39 bits per heavy atom. The lowest BCUT2D eigenvalue weighted by Gasteiger charge is -2.63. The molecule has 4 atom stereocenters. The molecule has 0 spiro atoms. The number of rotatable bonds is 9. The molecule has 0 aliphatic heterocycles. The van der Waals surface area contributed by atoms with Gasteiger partial charge in [-0.15, -0.1) is 0 Å². The van der Waals surface area contributed by atoms with Gasteiger partial charge >= 0.3 is 33.3 Å². The van der Waals surface area contributed by atoms with Crippen molar-refractivity contribution in [3.63, 3.8) is 0 Å². The summed E-state index contributed by atoms with van der Waals surface area (Å²) in [7, 11) is -6.09. The molecule has 11 nitrogen and oxygen atoms in total. The van der Waals surface area contributed by atoms with Gasteiger partial charge in [0.1, 0.15) is 17.8 Å². The first kappa shape index (κ1) is 29.2. The molecular weight excluding hydrogens is 570 g/mol. The van der Waals surface area contributed by atoms with Gasteiger partial charge in [0.15, 0.2) is 6.61 Å². The molecule has 230 valence electrons. The predicted molar refractivity (Wildman–Crippen MR) is 133 cm³/mol. The van der Waals surface area contributed by atoms with Crippen LogP contribution in [0.4, 0.5) is 8.78 Å². The van der Waals surface area contributed by atoms with Crippen molar-refractivity contribution in [1.82, 2.24) is 0 Å². The van der Waals surface area contributed by atoms with Gasteiger partial charge in [-0.05, 0) is 87.9 Å². The van der Waals surface area contributed by atoms with Crippen LogP contribution in [0.5, 0.6) is 0 Å². The molecule has 8 fully saturated rings. The van der Waals surface area contributed by atoms with E-state index in [1.165, 1.54) is 6.42 Å².